The van der Waals surface area contributed by atoms with E-state index in [1.807, 2.05) is 31.2 Å². The van der Waals surface area contributed by atoms with Crippen molar-refractivity contribution >= 4 is 11.6 Å². The molecule has 4 rings (SSSR count). The zero-order valence-corrected chi connectivity index (χ0v) is 14.3. The van der Waals surface area contributed by atoms with Gasteiger partial charge in [-0.15, -0.1) is 0 Å². The second-order valence-electron chi connectivity index (χ2n) is 7.05. The fourth-order valence-corrected chi connectivity index (χ4v) is 3.84. The molecule has 130 valence electrons. The highest BCUT2D eigenvalue weighted by Crippen LogP contribution is 2.42. The van der Waals surface area contributed by atoms with E-state index in [-0.39, 0.29) is 11.9 Å². The van der Waals surface area contributed by atoms with Gasteiger partial charge in [0.1, 0.15) is 12.7 Å². The van der Waals surface area contributed by atoms with Crippen LogP contribution in [0.25, 0.3) is 5.69 Å². The zero-order valence-electron chi connectivity index (χ0n) is 14.3. The van der Waals surface area contributed by atoms with Crippen LogP contribution < -0.4 is 10.6 Å². The predicted molar refractivity (Wildman–Crippen MR) is 96.3 cm³/mol. The molecule has 1 amide bonds. The van der Waals surface area contributed by atoms with Gasteiger partial charge in [-0.1, -0.05) is 12.2 Å². The summed E-state index contributed by atoms with van der Waals surface area (Å²) >= 11 is 0. The summed E-state index contributed by atoms with van der Waals surface area (Å²) in [5.41, 5.74) is 1.69. The molecule has 2 aromatic rings. The van der Waals surface area contributed by atoms with Gasteiger partial charge in [-0.05, 0) is 68.3 Å². The van der Waals surface area contributed by atoms with Crippen LogP contribution >= 0.6 is 0 Å². The first-order chi connectivity index (χ1) is 12.2. The first-order valence-corrected chi connectivity index (χ1v) is 8.86. The number of amides is 1. The van der Waals surface area contributed by atoms with Crippen molar-refractivity contribution in [2.24, 2.45) is 17.8 Å². The lowest BCUT2D eigenvalue weighted by atomic mass is 9.93. The van der Waals surface area contributed by atoms with Crippen molar-refractivity contribution in [2.45, 2.75) is 25.8 Å². The number of nitrogens with one attached hydrogen (secondary N) is 2. The van der Waals surface area contributed by atoms with Crippen LogP contribution in [0.2, 0.25) is 0 Å². The molecule has 0 unspecified atom stereocenters. The molecule has 1 heterocycles. The highest BCUT2D eigenvalue weighted by atomic mass is 16.2. The first kappa shape index (κ1) is 16.0. The molecule has 4 atom stereocenters. The molecule has 1 aromatic carbocycles. The van der Waals surface area contributed by atoms with Crippen molar-refractivity contribution in [3.8, 4) is 5.69 Å². The maximum Gasteiger partial charge on any atom is 0.241 e. The molecule has 2 N–H and O–H groups in total. The Hall–Kier alpha value is -2.47. The summed E-state index contributed by atoms with van der Waals surface area (Å²) in [6, 6.07) is 7.36. The third-order valence-electron chi connectivity index (χ3n) is 5.31. The molecule has 6 heteroatoms. The largest absolute Gasteiger partial charge is 0.325 e. The standard InChI is InChI=1S/C19H23N5O/c1-13(21-10-16-9-14-2-3-15(16)8-14)19(25)23-17-4-6-18(7-5-17)24-12-20-11-22-24/h2-7,11-16,21H,8-10H2,1H3,(H,23,25)/t13-,14-,15-,16+/m0/s1. The summed E-state index contributed by atoms with van der Waals surface area (Å²) < 4.78 is 1.68. The monoisotopic (exact) mass is 337 g/mol. The lowest BCUT2D eigenvalue weighted by Crippen LogP contribution is -2.41. The van der Waals surface area contributed by atoms with Crippen LogP contribution in [0.5, 0.6) is 0 Å². The number of hydrogen-bond donors (Lipinski definition) is 2. The number of nitrogens with zero attached hydrogens (tertiary/aromatic N) is 3. The van der Waals surface area contributed by atoms with E-state index in [0.717, 1.165) is 23.8 Å². The second kappa shape index (κ2) is 6.80. The van der Waals surface area contributed by atoms with E-state index >= 15 is 0 Å². The van der Waals surface area contributed by atoms with Gasteiger partial charge in [-0.3, -0.25) is 4.79 Å². The number of rotatable bonds is 6. The molecule has 1 saturated carbocycles. The summed E-state index contributed by atoms with van der Waals surface area (Å²) in [5, 5.41) is 10.4. The Morgan fingerprint density at radius 2 is 2.12 bits per heavy atom. The molecule has 1 aromatic heterocycles. The van der Waals surface area contributed by atoms with E-state index in [1.54, 1.807) is 11.0 Å². The number of carbonyl (C=O) groups excluding carboxylic acids is 1. The van der Waals surface area contributed by atoms with Gasteiger partial charge in [0.15, 0.2) is 0 Å². The normalized spacial score (nSPS) is 25.2. The Kier molecular flexibility index (Phi) is 4.36. The fourth-order valence-electron chi connectivity index (χ4n) is 3.84. The van der Waals surface area contributed by atoms with Crippen molar-refractivity contribution in [3.05, 3.63) is 49.1 Å². The molecule has 2 aliphatic rings. The molecule has 6 nitrogen and oxygen atoms in total. The van der Waals surface area contributed by atoms with E-state index in [4.69, 9.17) is 0 Å². The molecule has 25 heavy (non-hydrogen) atoms. The van der Waals surface area contributed by atoms with Crippen molar-refractivity contribution in [1.29, 1.82) is 0 Å². The highest BCUT2D eigenvalue weighted by Gasteiger charge is 2.35. The van der Waals surface area contributed by atoms with Gasteiger partial charge in [0, 0.05) is 5.69 Å². The molecular formula is C19H23N5O. The number of benzene rings is 1. The van der Waals surface area contributed by atoms with E-state index in [0.29, 0.717) is 11.8 Å². The predicted octanol–water partition coefficient (Wildman–Crippen LogP) is 2.40. The quantitative estimate of drug-likeness (QED) is 0.794. The van der Waals surface area contributed by atoms with E-state index in [1.165, 1.54) is 19.2 Å². The van der Waals surface area contributed by atoms with E-state index < -0.39 is 0 Å². The van der Waals surface area contributed by atoms with Crippen LogP contribution in [-0.2, 0) is 4.79 Å². The summed E-state index contributed by atoms with van der Waals surface area (Å²) in [5.74, 6) is 2.14. The topological polar surface area (TPSA) is 71.8 Å². The van der Waals surface area contributed by atoms with Gasteiger partial charge in [-0.25, -0.2) is 9.67 Å². The minimum Gasteiger partial charge on any atom is -0.325 e. The van der Waals surface area contributed by atoms with Crippen LogP contribution in [0.4, 0.5) is 5.69 Å². The average molecular weight is 337 g/mol. The number of anilines is 1. The van der Waals surface area contributed by atoms with Crippen LogP contribution in [0.15, 0.2) is 49.1 Å². The Morgan fingerprint density at radius 1 is 1.28 bits per heavy atom. The number of carbonyl (C=O) groups is 1. The van der Waals surface area contributed by atoms with Gasteiger partial charge in [-0.2, -0.15) is 5.10 Å². The summed E-state index contributed by atoms with van der Waals surface area (Å²) in [6.45, 7) is 2.83. The lowest BCUT2D eigenvalue weighted by Gasteiger charge is -2.21. The Balaban J connectivity index is 1.28. The van der Waals surface area contributed by atoms with Gasteiger partial charge < -0.3 is 10.6 Å². The first-order valence-electron chi connectivity index (χ1n) is 8.86. The van der Waals surface area contributed by atoms with Gasteiger partial charge >= 0.3 is 0 Å². The molecular weight excluding hydrogens is 314 g/mol. The number of fused-ring (bicyclic) bond motifs is 2. The summed E-state index contributed by atoms with van der Waals surface area (Å²) in [4.78, 5) is 16.3. The summed E-state index contributed by atoms with van der Waals surface area (Å²) in [7, 11) is 0. The molecule has 0 spiro atoms. The van der Waals surface area contributed by atoms with Crippen molar-refractivity contribution in [3.63, 3.8) is 0 Å². The minimum absolute atomic E-state index is 0.00722. The number of allylic oxidation sites excluding steroid dienone is 2. The molecule has 1 fully saturated rings. The third-order valence-corrected chi connectivity index (χ3v) is 5.31. The van der Waals surface area contributed by atoms with Crippen LogP contribution in [0, 0.1) is 17.8 Å². The average Bonchev–Trinajstić information content (AvgIpc) is 3.37. The van der Waals surface area contributed by atoms with Gasteiger partial charge in [0.2, 0.25) is 5.91 Å². The lowest BCUT2D eigenvalue weighted by molar-refractivity contribution is -0.117. The second-order valence-corrected chi connectivity index (χ2v) is 7.05. The van der Waals surface area contributed by atoms with Crippen LogP contribution in [0.1, 0.15) is 19.8 Å². The number of aromatic nitrogens is 3. The van der Waals surface area contributed by atoms with Crippen LogP contribution in [0.3, 0.4) is 0 Å². The van der Waals surface area contributed by atoms with Crippen molar-refractivity contribution < 1.29 is 4.79 Å². The third kappa shape index (κ3) is 3.49. The van der Waals surface area contributed by atoms with Gasteiger partial charge in [0.25, 0.3) is 0 Å². The Labute approximate surface area is 147 Å². The maximum absolute atomic E-state index is 12.4. The number of hydrogen-bond acceptors (Lipinski definition) is 4. The van der Waals surface area contributed by atoms with Crippen molar-refractivity contribution in [2.75, 3.05) is 11.9 Å². The van der Waals surface area contributed by atoms with E-state index in [9.17, 15) is 4.79 Å². The Morgan fingerprint density at radius 3 is 2.76 bits per heavy atom. The SMILES string of the molecule is C[C@H](NC[C@H]1C[C@H]2C=C[C@H]1C2)C(=O)Nc1ccc(-n2cncn2)cc1. The maximum atomic E-state index is 12.4. The smallest absolute Gasteiger partial charge is 0.241 e. The highest BCUT2D eigenvalue weighted by molar-refractivity contribution is 5.94. The van der Waals surface area contributed by atoms with Crippen molar-refractivity contribution in [1.82, 2.24) is 20.1 Å². The summed E-state index contributed by atoms with van der Waals surface area (Å²) in [6.07, 6.45) is 10.4. The minimum atomic E-state index is -0.210. The molecule has 2 bridgehead atoms. The zero-order chi connectivity index (χ0) is 17.2. The molecule has 0 radical (unpaired) electrons. The van der Waals surface area contributed by atoms with E-state index in [2.05, 4.69) is 32.9 Å². The Bertz CT molecular complexity index is 753. The molecule has 2 aliphatic carbocycles. The molecule has 0 saturated heterocycles. The van der Waals surface area contributed by atoms with Gasteiger partial charge in [0.05, 0.1) is 11.7 Å². The fraction of sp³-hybridized carbons (Fsp3) is 0.421. The van der Waals surface area contributed by atoms with Crippen LogP contribution in [-0.4, -0.2) is 33.3 Å². The molecule has 0 aliphatic heterocycles.